The first-order chi connectivity index (χ1) is 8.83. The van der Waals surface area contributed by atoms with E-state index < -0.39 is 0 Å². The Morgan fingerprint density at radius 3 is 2.61 bits per heavy atom. The third-order valence-electron chi connectivity index (χ3n) is 4.02. The maximum atomic E-state index is 5.43. The van der Waals surface area contributed by atoms with Crippen molar-refractivity contribution in [3.8, 4) is 12.3 Å². The molecule has 1 fully saturated rings. The summed E-state index contributed by atoms with van der Waals surface area (Å²) in [6.45, 7) is 3.30. The summed E-state index contributed by atoms with van der Waals surface area (Å²) < 4.78 is 0. The molecule has 1 heteroatoms. The molecule has 1 aromatic rings. The zero-order chi connectivity index (χ0) is 12.8. The number of terminal acetylenes is 1. The van der Waals surface area contributed by atoms with Gasteiger partial charge in [-0.25, -0.2) is 0 Å². The van der Waals surface area contributed by atoms with E-state index in [0.29, 0.717) is 11.5 Å². The third kappa shape index (κ3) is 2.76. The largest absolute Gasteiger partial charge is 0.313 e. The molecule has 1 aliphatic rings. The molecule has 1 nitrogen and oxygen atoms in total. The summed E-state index contributed by atoms with van der Waals surface area (Å²) in [6.07, 6.45) is 11.2. The minimum atomic E-state index is 0.354. The summed E-state index contributed by atoms with van der Waals surface area (Å²) in [5.41, 5.74) is 1.84. The highest BCUT2D eigenvalue weighted by molar-refractivity contribution is 5.34. The Balaban J connectivity index is 2.11. The Bertz CT molecular complexity index is 397. The van der Waals surface area contributed by atoms with Crippen LogP contribution < -0.4 is 5.32 Å². The highest BCUT2D eigenvalue weighted by Crippen LogP contribution is 2.51. The van der Waals surface area contributed by atoms with E-state index in [-0.39, 0.29) is 0 Å². The first-order valence-corrected chi connectivity index (χ1v) is 7.06. The molecule has 1 atom stereocenters. The SMILES string of the molecule is C#CCCC(NCCC)C1(c2ccccc2)CC1. The molecule has 0 aromatic heterocycles. The van der Waals surface area contributed by atoms with E-state index in [0.717, 1.165) is 19.4 Å². The predicted octanol–water partition coefficient (Wildman–Crippen LogP) is 3.50. The van der Waals surface area contributed by atoms with Crippen molar-refractivity contribution in [3.05, 3.63) is 35.9 Å². The number of rotatable bonds is 7. The van der Waals surface area contributed by atoms with Crippen molar-refractivity contribution in [2.75, 3.05) is 6.54 Å². The Kier molecular flexibility index (Phi) is 4.44. The molecule has 1 aromatic carbocycles. The third-order valence-corrected chi connectivity index (χ3v) is 4.02. The van der Waals surface area contributed by atoms with Gasteiger partial charge in [0.15, 0.2) is 0 Å². The molecule has 0 amide bonds. The molecule has 0 bridgehead atoms. The number of hydrogen-bond donors (Lipinski definition) is 1. The summed E-state index contributed by atoms with van der Waals surface area (Å²) >= 11 is 0. The molecular formula is C17H23N. The van der Waals surface area contributed by atoms with Crippen LogP contribution in [0.3, 0.4) is 0 Å². The van der Waals surface area contributed by atoms with Crippen molar-refractivity contribution >= 4 is 0 Å². The van der Waals surface area contributed by atoms with Gasteiger partial charge >= 0.3 is 0 Å². The van der Waals surface area contributed by atoms with Gasteiger partial charge in [0.25, 0.3) is 0 Å². The van der Waals surface area contributed by atoms with Crippen LogP contribution >= 0.6 is 0 Å². The lowest BCUT2D eigenvalue weighted by Crippen LogP contribution is -2.40. The molecule has 0 aliphatic heterocycles. The second-order valence-corrected chi connectivity index (χ2v) is 5.27. The van der Waals surface area contributed by atoms with Crippen LogP contribution in [-0.2, 0) is 5.41 Å². The second kappa shape index (κ2) is 6.07. The van der Waals surface area contributed by atoms with Crippen LogP contribution in [0, 0.1) is 12.3 Å². The first-order valence-electron chi connectivity index (χ1n) is 7.06. The first kappa shape index (κ1) is 13.2. The van der Waals surface area contributed by atoms with Crippen LogP contribution in [0.4, 0.5) is 0 Å². The molecule has 0 radical (unpaired) electrons. The molecule has 1 saturated carbocycles. The summed E-state index contributed by atoms with van der Waals surface area (Å²) in [6, 6.07) is 11.5. The summed E-state index contributed by atoms with van der Waals surface area (Å²) in [5.74, 6) is 2.79. The highest BCUT2D eigenvalue weighted by atomic mass is 14.9. The lowest BCUT2D eigenvalue weighted by Gasteiger charge is -2.28. The van der Waals surface area contributed by atoms with Gasteiger partial charge in [-0.05, 0) is 37.8 Å². The van der Waals surface area contributed by atoms with Crippen LogP contribution in [0.2, 0.25) is 0 Å². The molecule has 18 heavy (non-hydrogen) atoms. The Morgan fingerprint density at radius 1 is 1.33 bits per heavy atom. The summed E-state index contributed by atoms with van der Waals surface area (Å²) in [4.78, 5) is 0. The quantitative estimate of drug-likeness (QED) is 0.720. The average molecular weight is 241 g/mol. The minimum Gasteiger partial charge on any atom is -0.313 e. The van der Waals surface area contributed by atoms with E-state index in [4.69, 9.17) is 6.42 Å². The topological polar surface area (TPSA) is 12.0 Å². The van der Waals surface area contributed by atoms with Crippen molar-refractivity contribution in [1.29, 1.82) is 0 Å². The van der Waals surface area contributed by atoms with Crippen LogP contribution in [0.5, 0.6) is 0 Å². The Labute approximate surface area is 111 Å². The molecule has 0 spiro atoms. The van der Waals surface area contributed by atoms with Gasteiger partial charge in [-0.1, -0.05) is 37.3 Å². The van der Waals surface area contributed by atoms with Gasteiger partial charge in [-0.15, -0.1) is 12.3 Å². The average Bonchev–Trinajstić information content (AvgIpc) is 3.21. The predicted molar refractivity (Wildman–Crippen MR) is 77.5 cm³/mol. The van der Waals surface area contributed by atoms with E-state index in [1.165, 1.54) is 24.8 Å². The van der Waals surface area contributed by atoms with Crippen molar-refractivity contribution < 1.29 is 0 Å². The van der Waals surface area contributed by atoms with Crippen LogP contribution in [0.25, 0.3) is 0 Å². The summed E-state index contributed by atoms with van der Waals surface area (Å²) in [7, 11) is 0. The summed E-state index contributed by atoms with van der Waals surface area (Å²) in [5, 5.41) is 3.71. The highest BCUT2D eigenvalue weighted by Gasteiger charge is 2.49. The lowest BCUT2D eigenvalue weighted by molar-refractivity contribution is 0.396. The zero-order valence-electron chi connectivity index (χ0n) is 11.3. The van der Waals surface area contributed by atoms with Crippen LogP contribution in [0.1, 0.15) is 44.6 Å². The number of hydrogen-bond acceptors (Lipinski definition) is 1. The molecule has 96 valence electrons. The van der Waals surface area contributed by atoms with Crippen LogP contribution in [0.15, 0.2) is 30.3 Å². The molecule has 0 heterocycles. The molecule has 1 unspecified atom stereocenters. The van der Waals surface area contributed by atoms with E-state index in [1.807, 2.05) is 0 Å². The van der Waals surface area contributed by atoms with E-state index >= 15 is 0 Å². The normalized spacial score (nSPS) is 18.0. The molecule has 1 N–H and O–H groups in total. The second-order valence-electron chi connectivity index (χ2n) is 5.27. The molecule has 2 rings (SSSR count). The maximum Gasteiger partial charge on any atom is 0.0173 e. The number of nitrogens with one attached hydrogen (secondary N) is 1. The van der Waals surface area contributed by atoms with Gasteiger partial charge in [0.05, 0.1) is 0 Å². The van der Waals surface area contributed by atoms with Crippen molar-refractivity contribution in [3.63, 3.8) is 0 Å². The minimum absolute atomic E-state index is 0.354. The van der Waals surface area contributed by atoms with Gasteiger partial charge in [0.2, 0.25) is 0 Å². The van der Waals surface area contributed by atoms with Gasteiger partial charge in [0, 0.05) is 17.9 Å². The molecule has 0 saturated heterocycles. The van der Waals surface area contributed by atoms with Crippen LogP contribution in [-0.4, -0.2) is 12.6 Å². The Morgan fingerprint density at radius 2 is 2.06 bits per heavy atom. The van der Waals surface area contributed by atoms with Gasteiger partial charge in [-0.3, -0.25) is 0 Å². The van der Waals surface area contributed by atoms with Crippen molar-refractivity contribution in [1.82, 2.24) is 5.32 Å². The zero-order valence-corrected chi connectivity index (χ0v) is 11.3. The van der Waals surface area contributed by atoms with Gasteiger partial charge < -0.3 is 5.32 Å². The maximum absolute atomic E-state index is 5.43. The lowest BCUT2D eigenvalue weighted by atomic mass is 9.85. The molecule has 1 aliphatic carbocycles. The fraction of sp³-hybridized carbons (Fsp3) is 0.529. The fourth-order valence-corrected chi connectivity index (χ4v) is 2.86. The number of benzene rings is 1. The fourth-order valence-electron chi connectivity index (χ4n) is 2.86. The van der Waals surface area contributed by atoms with E-state index in [9.17, 15) is 0 Å². The monoisotopic (exact) mass is 241 g/mol. The van der Waals surface area contributed by atoms with E-state index in [2.05, 4.69) is 48.5 Å². The standard InChI is InChI=1S/C17H23N/c1-3-5-11-16(18-14-4-2)17(12-13-17)15-9-7-6-8-10-15/h1,6-10,16,18H,4-5,11-14H2,2H3. The van der Waals surface area contributed by atoms with E-state index in [1.54, 1.807) is 0 Å². The van der Waals surface area contributed by atoms with Crippen molar-refractivity contribution in [2.24, 2.45) is 0 Å². The smallest absolute Gasteiger partial charge is 0.0173 e. The van der Waals surface area contributed by atoms with Gasteiger partial charge in [0.1, 0.15) is 0 Å². The van der Waals surface area contributed by atoms with Crippen molar-refractivity contribution in [2.45, 2.75) is 50.5 Å². The molecular weight excluding hydrogens is 218 g/mol. The van der Waals surface area contributed by atoms with Gasteiger partial charge in [-0.2, -0.15) is 0 Å². The Hall–Kier alpha value is -1.26.